The van der Waals surface area contributed by atoms with Gasteiger partial charge in [-0.1, -0.05) is 28.8 Å². The smallest absolute Gasteiger partial charge is 0.251 e. The van der Waals surface area contributed by atoms with Crippen LogP contribution in [0, 0.1) is 0 Å². The zero-order valence-corrected chi connectivity index (χ0v) is 19.6. The molecule has 35 heavy (non-hydrogen) atoms. The molecular weight excluding hydrogens is 468 g/mol. The van der Waals surface area contributed by atoms with Gasteiger partial charge in [-0.05, 0) is 59.8 Å². The largest absolute Gasteiger partial charge is 0.508 e. The van der Waals surface area contributed by atoms with Crippen molar-refractivity contribution in [1.82, 2.24) is 19.8 Å². The van der Waals surface area contributed by atoms with Crippen LogP contribution in [0.5, 0.6) is 5.75 Å². The molecule has 0 spiro atoms. The number of piperidine rings is 1. The van der Waals surface area contributed by atoms with E-state index in [9.17, 15) is 19.5 Å². The molecule has 9 nitrogen and oxygen atoms in total. The van der Waals surface area contributed by atoms with Crippen molar-refractivity contribution in [3.8, 4) is 16.2 Å². The first kappa shape index (κ1) is 23.1. The lowest BCUT2D eigenvalue weighted by Gasteiger charge is -2.37. The Kier molecular flexibility index (Phi) is 6.56. The number of rotatable bonds is 6. The second kappa shape index (κ2) is 9.93. The molecular formula is C25H24N4O5S. The second-order valence-corrected chi connectivity index (χ2v) is 9.48. The van der Waals surface area contributed by atoms with Crippen molar-refractivity contribution >= 4 is 29.1 Å². The first-order chi connectivity index (χ1) is 17.0. The Labute approximate surface area is 205 Å². The highest BCUT2D eigenvalue weighted by molar-refractivity contribution is 7.09. The molecule has 0 saturated carbocycles. The molecule has 2 fully saturated rings. The zero-order valence-electron chi connectivity index (χ0n) is 18.8. The highest BCUT2D eigenvalue weighted by Gasteiger charge is 2.45. The summed E-state index contributed by atoms with van der Waals surface area (Å²) in [5, 5.41) is 16.3. The van der Waals surface area contributed by atoms with E-state index in [4.69, 9.17) is 4.74 Å². The van der Waals surface area contributed by atoms with Crippen molar-refractivity contribution in [2.24, 2.45) is 0 Å². The second-order valence-electron chi connectivity index (χ2n) is 8.69. The van der Waals surface area contributed by atoms with Gasteiger partial charge < -0.3 is 20.1 Å². The topological polar surface area (TPSA) is 122 Å². The maximum atomic E-state index is 13.7. The van der Waals surface area contributed by atoms with Crippen LogP contribution in [0.2, 0.25) is 0 Å². The molecule has 1 aromatic heterocycles. The molecule has 2 saturated heterocycles. The molecule has 0 bridgehead atoms. The highest BCUT2D eigenvalue weighted by Crippen LogP contribution is 2.27. The zero-order chi connectivity index (χ0) is 24.4. The number of amides is 2. The number of aromatic hydroxyl groups is 1. The van der Waals surface area contributed by atoms with Gasteiger partial charge in [-0.25, -0.2) is 0 Å². The van der Waals surface area contributed by atoms with Gasteiger partial charge in [-0.3, -0.25) is 14.4 Å². The number of phenolic OH excluding ortho intramolecular Hbond substituents is 1. The number of ketones is 1. The summed E-state index contributed by atoms with van der Waals surface area (Å²) in [5.41, 5.74) is 2.08. The minimum absolute atomic E-state index is 0.00965. The molecule has 2 amide bonds. The lowest BCUT2D eigenvalue weighted by molar-refractivity contribution is -0.142. The number of benzene rings is 2. The van der Waals surface area contributed by atoms with Gasteiger partial charge >= 0.3 is 0 Å². The number of nitrogens with one attached hydrogen (secondary N) is 1. The van der Waals surface area contributed by atoms with E-state index in [1.54, 1.807) is 35.4 Å². The fourth-order valence-corrected chi connectivity index (χ4v) is 5.15. The lowest BCUT2D eigenvalue weighted by Crippen LogP contribution is -2.58. The standard InChI is InChI=1S/C25H24N4O5S/c30-18-9-3-15(4-10-18)12-19(25(33)29-11-1-2-21-23(29)20(31)14-34-21)27-24(32)17-7-5-16(6-8-17)22-13-26-28-35-22/h3-10,13,19,21,23,30H,1-2,11-12,14H2,(H,27,32). The van der Waals surface area contributed by atoms with Crippen LogP contribution in [0.1, 0.15) is 28.8 Å². The van der Waals surface area contributed by atoms with Crippen molar-refractivity contribution in [1.29, 1.82) is 0 Å². The minimum atomic E-state index is -0.885. The third-order valence-electron chi connectivity index (χ3n) is 6.40. The van der Waals surface area contributed by atoms with Crippen molar-refractivity contribution < 1.29 is 24.2 Å². The van der Waals surface area contributed by atoms with Gasteiger partial charge in [0.25, 0.3) is 5.91 Å². The molecule has 2 N–H and O–H groups in total. The normalized spacial score (nSPS) is 20.3. The molecule has 3 unspecified atom stereocenters. The summed E-state index contributed by atoms with van der Waals surface area (Å²) < 4.78 is 9.44. The molecule has 3 aromatic rings. The lowest BCUT2D eigenvalue weighted by atomic mass is 9.95. The Morgan fingerprint density at radius 3 is 2.66 bits per heavy atom. The molecule has 2 aromatic carbocycles. The average molecular weight is 493 g/mol. The number of ether oxygens (including phenoxy) is 1. The maximum Gasteiger partial charge on any atom is 0.251 e. The average Bonchev–Trinajstić information content (AvgIpc) is 3.55. The number of hydrogen-bond donors (Lipinski definition) is 2. The van der Waals surface area contributed by atoms with Gasteiger partial charge in [-0.2, -0.15) is 0 Å². The van der Waals surface area contributed by atoms with Crippen LogP contribution in [0.4, 0.5) is 0 Å². The van der Waals surface area contributed by atoms with Crippen LogP contribution < -0.4 is 5.32 Å². The Morgan fingerprint density at radius 2 is 1.94 bits per heavy atom. The molecule has 2 aliphatic rings. The third-order valence-corrected chi connectivity index (χ3v) is 7.11. The van der Waals surface area contributed by atoms with E-state index in [-0.39, 0.29) is 36.6 Å². The Bertz CT molecular complexity index is 1210. The Morgan fingerprint density at radius 1 is 1.17 bits per heavy atom. The van der Waals surface area contributed by atoms with Gasteiger partial charge in [0.1, 0.15) is 24.4 Å². The van der Waals surface area contributed by atoms with Gasteiger partial charge in [0.05, 0.1) is 17.2 Å². The Hall–Kier alpha value is -3.63. The number of carbonyl (C=O) groups excluding carboxylic acids is 3. The van der Waals surface area contributed by atoms with Crippen molar-refractivity contribution in [3.63, 3.8) is 0 Å². The molecule has 5 rings (SSSR count). The summed E-state index contributed by atoms with van der Waals surface area (Å²) in [6.45, 7) is 0.449. The molecule has 10 heteroatoms. The monoisotopic (exact) mass is 492 g/mol. The summed E-state index contributed by atoms with van der Waals surface area (Å²) >= 11 is 1.26. The fraction of sp³-hybridized carbons (Fsp3) is 0.320. The van der Waals surface area contributed by atoms with Crippen LogP contribution in [0.15, 0.2) is 54.7 Å². The van der Waals surface area contributed by atoms with Gasteiger partial charge in [0, 0.05) is 18.5 Å². The van der Waals surface area contributed by atoms with Gasteiger partial charge in [0.15, 0.2) is 5.78 Å². The number of carbonyl (C=O) groups is 3. The number of Topliss-reactive ketones (excluding diaryl/α,β-unsaturated/α-hetero) is 1. The van der Waals surface area contributed by atoms with E-state index in [2.05, 4.69) is 14.9 Å². The van der Waals surface area contributed by atoms with E-state index >= 15 is 0 Å². The van der Waals surface area contributed by atoms with Crippen molar-refractivity contribution in [2.75, 3.05) is 13.2 Å². The van der Waals surface area contributed by atoms with E-state index in [0.717, 1.165) is 28.8 Å². The summed E-state index contributed by atoms with van der Waals surface area (Å²) in [4.78, 5) is 41.7. The molecule has 0 aliphatic carbocycles. The molecule has 0 radical (unpaired) electrons. The highest BCUT2D eigenvalue weighted by atomic mass is 32.1. The van der Waals surface area contributed by atoms with E-state index in [1.165, 1.54) is 23.7 Å². The summed E-state index contributed by atoms with van der Waals surface area (Å²) in [6, 6.07) is 12.0. The quantitative estimate of drug-likeness (QED) is 0.541. The third kappa shape index (κ3) is 4.94. The van der Waals surface area contributed by atoms with Crippen molar-refractivity contribution in [2.45, 2.75) is 37.5 Å². The van der Waals surface area contributed by atoms with Crippen molar-refractivity contribution in [3.05, 3.63) is 65.9 Å². The maximum absolute atomic E-state index is 13.7. The number of nitrogens with zero attached hydrogens (tertiary/aromatic N) is 3. The summed E-state index contributed by atoms with van der Waals surface area (Å²) in [5.74, 6) is -0.693. The van der Waals surface area contributed by atoms with E-state index < -0.39 is 18.0 Å². The van der Waals surface area contributed by atoms with Crippen LogP contribution in [-0.2, 0) is 20.7 Å². The van der Waals surface area contributed by atoms with Gasteiger partial charge in [0.2, 0.25) is 5.91 Å². The predicted molar refractivity (Wildman–Crippen MR) is 128 cm³/mol. The predicted octanol–water partition coefficient (Wildman–Crippen LogP) is 2.21. The summed E-state index contributed by atoms with van der Waals surface area (Å²) in [7, 11) is 0. The van der Waals surface area contributed by atoms with E-state index in [0.29, 0.717) is 12.1 Å². The van der Waals surface area contributed by atoms with Crippen LogP contribution in [0.25, 0.3) is 10.4 Å². The molecule has 2 aliphatic heterocycles. The number of phenols is 1. The van der Waals surface area contributed by atoms with Crippen LogP contribution in [0.3, 0.4) is 0 Å². The van der Waals surface area contributed by atoms with E-state index in [1.807, 2.05) is 12.1 Å². The molecule has 180 valence electrons. The fourth-order valence-electron chi connectivity index (χ4n) is 4.63. The molecule has 3 atom stereocenters. The SMILES string of the molecule is O=C(NC(Cc1ccc(O)cc1)C(=O)N1CCCC2OCC(=O)C21)c1ccc(-c2cnns2)cc1. The van der Waals surface area contributed by atoms with Crippen LogP contribution >= 0.6 is 11.5 Å². The number of likely N-dealkylation sites (tertiary alicyclic amines) is 1. The minimum Gasteiger partial charge on any atom is -0.508 e. The number of hydrogen-bond acceptors (Lipinski definition) is 8. The first-order valence-corrected chi connectivity index (χ1v) is 12.2. The number of fused-ring (bicyclic) bond motifs is 1. The first-order valence-electron chi connectivity index (χ1n) is 11.4. The van der Waals surface area contributed by atoms with Gasteiger partial charge in [-0.15, -0.1) is 5.10 Å². The Balaban J connectivity index is 1.37. The number of aromatic nitrogens is 2. The summed E-state index contributed by atoms with van der Waals surface area (Å²) in [6.07, 6.45) is 3.05. The van der Waals surface area contributed by atoms with Crippen LogP contribution in [-0.4, -0.2) is 68.5 Å². The molecule has 3 heterocycles.